The van der Waals surface area contributed by atoms with Gasteiger partial charge in [-0.05, 0) is 36.4 Å². The summed E-state index contributed by atoms with van der Waals surface area (Å²) in [5.41, 5.74) is 0.993. The average molecular weight is 445 g/mol. The molecule has 0 aliphatic heterocycles. The van der Waals surface area contributed by atoms with Gasteiger partial charge in [0.15, 0.2) is 0 Å². The fraction of sp³-hybridized carbons (Fsp3) is 0. The Morgan fingerprint density at radius 3 is 0.710 bits per heavy atom. The summed E-state index contributed by atoms with van der Waals surface area (Å²) in [6.45, 7) is 0. The van der Waals surface area contributed by atoms with Crippen LogP contribution >= 0.6 is 0 Å². The van der Waals surface area contributed by atoms with Crippen LogP contribution in [0.25, 0.3) is 0 Å². The van der Waals surface area contributed by atoms with Crippen molar-refractivity contribution in [1.82, 2.24) is 0 Å². The van der Waals surface area contributed by atoms with E-state index in [1.54, 1.807) is 91.0 Å². The van der Waals surface area contributed by atoms with Crippen molar-refractivity contribution < 1.29 is 44.1 Å². The fourth-order valence-electron chi connectivity index (χ4n) is 1.74. The highest BCUT2D eigenvalue weighted by Gasteiger charge is 1.98. The van der Waals surface area contributed by atoms with E-state index >= 15 is 0 Å². The molecule has 0 spiro atoms. The number of carboxylic acid groups (broad SMARTS) is 3. The number of carbonyl (C=O) groups is 3. The standard InChI is InChI=1S/3C7H6O2.H3O3Si/c3*8-7(9)6-4-2-1-3-5-6;1-4(2)3/h3*1-5H,(H,8,9);1-3H. The van der Waals surface area contributed by atoms with E-state index in [-0.39, 0.29) is 0 Å². The molecule has 0 saturated heterocycles. The minimum absolute atomic E-state index is 0.331. The van der Waals surface area contributed by atoms with Crippen LogP contribution in [-0.2, 0) is 0 Å². The number of benzene rings is 3. The molecule has 0 atom stereocenters. The van der Waals surface area contributed by atoms with E-state index in [0.717, 1.165) is 0 Å². The van der Waals surface area contributed by atoms with Crippen LogP contribution in [0.2, 0.25) is 0 Å². The van der Waals surface area contributed by atoms with Crippen LogP contribution in [0.4, 0.5) is 0 Å². The Labute approximate surface area is 179 Å². The van der Waals surface area contributed by atoms with Crippen LogP contribution in [0.15, 0.2) is 91.0 Å². The predicted octanol–water partition coefficient (Wildman–Crippen LogP) is 2.10. The molecule has 3 aromatic carbocycles. The van der Waals surface area contributed by atoms with Gasteiger partial charge in [-0.3, -0.25) is 0 Å². The van der Waals surface area contributed by atoms with Crippen molar-refractivity contribution in [3.63, 3.8) is 0 Å². The van der Waals surface area contributed by atoms with Gasteiger partial charge in [0.05, 0.1) is 16.7 Å². The zero-order chi connectivity index (χ0) is 23.6. The van der Waals surface area contributed by atoms with Gasteiger partial charge in [0.25, 0.3) is 0 Å². The van der Waals surface area contributed by atoms with E-state index in [4.69, 9.17) is 29.7 Å². The first kappa shape index (κ1) is 27.2. The second-order valence-electron chi connectivity index (χ2n) is 5.31. The minimum atomic E-state index is -2.88. The summed E-state index contributed by atoms with van der Waals surface area (Å²) in [5.74, 6) is -2.64. The molecule has 0 aliphatic rings. The zero-order valence-electron chi connectivity index (χ0n) is 16.1. The second kappa shape index (κ2) is 16.0. The van der Waals surface area contributed by atoms with Gasteiger partial charge in [-0.15, -0.1) is 0 Å². The van der Waals surface area contributed by atoms with Crippen molar-refractivity contribution in [1.29, 1.82) is 0 Å². The SMILES string of the molecule is O=C(O)c1ccccc1.O=C(O)c1ccccc1.O=C(O)c1ccccc1.O[Si](O)O. The van der Waals surface area contributed by atoms with E-state index in [9.17, 15) is 14.4 Å². The second-order valence-corrected chi connectivity index (χ2v) is 5.91. The molecule has 3 rings (SSSR count). The van der Waals surface area contributed by atoms with Gasteiger partial charge in [-0.25, -0.2) is 14.4 Å². The third-order valence-electron chi connectivity index (χ3n) is 3.06. The van der Waals surface area contributed by atoms with E-state index in [0.29, 0.717) is 16.7 Å². The summed E-state index contributed by atoms with van der Waals surface area (Å²) in [5, 5.41) is 25.2. The third kappa shape index (κ3) is 14.8. The Morgan fingerprint density at radius 1 is 0.452 bits per heavy atom. The van der Waals surface area contributed by atoms with Gasteiger partial charge in [0.1, 0.15) is 0 Å². The number of aromatic carboxylic acids is 3. The largest absolute Gasteiger partial charge is 0.569 e. The Hall–Kier alpha value is -3.83. The lowest BCUT2D eigenvalue weighted by atomic mass is 10.2. The molecule has 9 nitrogen and oxygen atoms in total. The van der Waals surface area contributed by atoms with Crippen LogP contribution in [0.5, 0.6) is 0 Å². The van der Waals surface area contributed by atoms with Crippen molar-refractivity contribution >= 4 is 27.4 Å². The molecule has 0 unspecified atom stereocenters. The highest BCUT2D eigenvalue weighted by atomic mass is 28.3. The molecule has 0 aliphatic carbocycles. The summed E-state index contributed by atoms with van der Waals surface area (Å²) < 4.78 is 0. The number of hydrogen-bond donors (Lipinski definition) is 6. The topological polar surface area (TPSA) is 173 Å². The monoisotopic (exact) mass is 445 g/mol. The normalized spacial score (nSPS) is 8.90. The van der Waals surface area contributed by atoms with E-state index in [2.05, 4.69) is 0 Å². The Kier molecular flexibility index (Phi) is 14.0. The van der Waals surface area contributed by atoms with Gasteiger partial charge < -0.3 is 29.7 Å². The first-order valence-corrected chi connectivity index (χ1v) is 9.78. The van der Waals surface area contributed by atoms with Crippen molar-refractivity contribution in [2.24, 2.45) is 0 Å². The molecule has 1 radical (unpaired) electrons. The van der Waals surface area contributed by atoms with Gasteiger partial charge in [-0.2, -0.15) is 0 Å². The summed E-state index contributed by atoms with van der Waals surface area (Å²) >= 11 is 0. The number of carboxylic acids is 3. The molecule has 163 valence electrons. The summed E-state index contributed by atoms with van der Waals surface area (Å²) in [6, 6.07) is 24.9. The van der Waals surface area contributed by atoms with Crippen molar-refractivity contribution in [3.8, 4) is 0 Å². The maximum Gasteiger partial charge on any atom is 0.569 e. The molecule has 0 amide bonds. The van der Waals surface area contributed by atoms with Crippen LogP contribution < -0.4 is 0 Å². The zero-order valence-corrected chi connectivity index (χ0v) is 17.1. The molecule has 31 heavy (non-hydrogen) atoms. The van der Waals surface area contributed by atoms with Crippen molar-refractivity contribution in [2.75, 3.05) is 0 Å². The smallest absolute Gasteiger partial charge is 0.478 e. The maximum atomic E-state index is 10.2. The van der Waals surface area contributed by atoms with E-state index in [1.165, 1.54) is 0 Å². The summed E-state index contributed by atoms with van der Waals surface area (Å²) in [6.07, 6.45) is 0. The predicted molar refractivity (Wildman–Crippen MR) is 113 cm³/mol. The maximum absolute atomic E-state index is 10.2. The van der Waals surface area contributed by atoms with Gasteiger partial charge in [0.2, 0.25) is 0 Å². The minimum Gasteiger partial charge on any atom is -0.478 e. The van der Waals surface area contributed by atoms with Crippen molar-refractivity contribution in [2.45, 2.75) is 0 Å². The van der Waals surface area contributed by atoms with Crippen molar-refractivity contribution in [3.05, 3.63) is 108 Å². The van der Waals surface area contributed by atoms with Crippen LogP contribution in [-0.4, -0.2) is 57.1 Å². The number of hydrogen-bond acceptors (Lipinski definition) is 6. The average Bonchev–Trinajstić information content (AvgIpc) is 2.76. The highest BCUT2D eigenvalue weighted by molar-refractivity contribution is 6.30. The highest BCUT2D eigenvalue weighted by Crippen LogP contribution is 1.97. The molecule has 0 saturated carbocycles. The Morgan fingerprint density at radius 2 is 0.613 bits per heavy atom. The molecule has 0 aromatic heterocycles. The van der Waals surface area contributed by atoms with Crippen LogP contribution in [0, 0.1) is 0 Å². The first-order valence-electron chi connectivity index (χ1n) is 8.44. The van der Waals surface area contributed by atoms with Gasteiger partial charge in [-0.1, -0.05) is 54.6 Å². The van der Waals surface area contributed by atoms with Gasteiger partial charge in [0, 0.05) is 0 Å². The molecule has 0 heterocycles. The van der Waals surface area contributed by atoms with E-state index < -0.39 is 27.4 Å². The van der Waals surface area contributed by atoms with E-state index in [1.807, 2.05) is 0 Å². The van der Waals surface area contributed by atoms with Crippen LogP contribution in [0.3, 0.4) is 0 Å². The molecule has 6 N–H and O–H groups in total. The lowest BCUT2D eigenvalue weighted by Gasteiger charge is -1.88. The summed E-state index contributed by atoms with van der Waals surface area (Å²) in [4.78, 5) is 52.4. The Balaban J connectivity index is 0.000000402. The Bertz CT molecular complexity index is 781. The molecular weight excluding hydrogens is 424 g/mol. The molecular formula is C21H21O9Si. The lowest BCUT2D eigenvalue weighted by Crippen LogP contribution is -2.07. The molecule has 10 heteroatoms. The molecule has 0 fully saturated rings. The molecule has 0 bridgehead atoms. The molecule has 3 aromatic rings. The van der Waals surface area contributed by atoms with Gasteiger partial charge >= 0.3 is 27.4 Å². The fourth-order valence-corrected chi connectivity index (χ4v) is 1.74. The summed E-state index contributed by atoms with van der Waals surface area (Å²) in [7, 11) is -2.88. The van der Waals surface area contributed by atoms with Crippen LogP contribution in [0.1, 0.15) is 31.1 Å². The lowest BCUT2D eigenvalue weighted by molar-refractivity contribution is 0.0686. The number of rotatable bonds is 3. The third-order valence-corrected chi connectivity index (χ3v) is 3.06. The first-order chi connectivity index (χ1) is 14.6. The quantitative estimate of drug-likeness (QED) is 0.330.